The first-order valence-corrected chi connectivity index (χ1v) is 10.2. The maximum atomic E-state index is 6.47. The zero-order chi connectivity index (χ0) is 20.9. The van der Waals surface area contributed by atoms with Crippen LogP contribution in [0.3, 0.4) is 0 Å². The van der Waals surface area contributed by atoms with Crippen LogP contribution >= 0.6 is 0 Å². The number of ether oxygens (including phenoxy) is 2. The number of rotatable bonds is 2. The van der Waals surface area contributed by atoms with Gasteiger partial charge in [-0.1, -0.05) is 42.5 Å². The quantitative estimate of drug-likeness (QED) is 0.514. The topological polar surface area (TPSA) is 30.5 Å². The van der Waals surface area contributed by atoms with Crippen molar-refractivity contribution in [3.8, 4) is 22.6 Å². The van der Waals surface area contributed by atoms with Crippen molar-refractivity contribution in [3.05, 3.63) is 83.4 Å². The van der Waals surface area contributed by atoms with Gasteiger partial charge in [0.05, 0.1) is 12.6 Å². The van der Waals surface area contributed by atoms with Gasteiger partial charge < -0.3 is 14.8 Å². The van der Waals surface area contributed by atoms with E-state index in [0.717, 1.165) is 39.6 Å². The van der Waals surface area contributed by atoms with Crippen molar-refractivity contribution in [2.75, 3.05) is 12.4 Å². The van der Waals surface area contributed by atoms with Crippen LogP contribution in [0.1, 0.15) is 37.5 Å². The normalized spacial score (nSPS) is 17.1. The lowest BCUT2D eigenvalue weighted by atomic mass is 9.83. The summed E-state index contributed by atoms with van der Waals surface area (Å²) >= 11 is 0. The third-order valence-electron chi connectivity index (χ3n) is 5.67. The molecule has 5 rings (SSSR count). The zero-order valence-corrected chi connectivity index (χ0v) is 17.7. The molecule has 0 aliphatic carbocycles. The van der Waals surface area contributed by atoms with Gasteiger partial charge in [0, 0.05) is 22.4 Å². The SMILES string of the molecule is COc1cccc(/C=C2\Oc3ccccc3-c3ccc4c(c32)C(C)=CC(C)(C)N4)c1. The van der Waals surface area contributed by atoms with Gasteiger partial charge in [0.2, 0.25) is 0 Å². The summed E-state index contributed by atoms with van der Waals surface area (Å²) in [6.07, 6.45) is 4.39. The van der Waals surface area contributed by atoms with Crippen LogP contribution in [-0.4, -0.2) is 12.6 Å². The molecule has 0 atom stereocenters. The van der Waals surface area contributed by atoms with E-state index in [1.165, 1.54) is 16.7 Å². The molecule has 0 bridgehead atoms. The van der Waals surface area contributed by atoms with Gasteiger partial charge in [0.25, 0.3) is 0 Å². The van der Waals surface area contributed by atoms with Crippen LogP contribution in [0, 0.1) is 0 Å². The Hall–Kier alpha value is -3.46. The highest BCUT2D eigenvalue weighted by molar-refractivity contribution is 6.00. The van der Waals surface area contributed by atoms with Crippen molar-refractivity contribution in [3.63, 3.8) is 0 Å². The van der Waals surface area contributed by atoms with Crippen molar-refractivity contribution in [1.29, 1.82) is 0 Å². The fraction of sp³-hybridized carbons (Fsp3) is 0.185. The monoisotopic (exact) mass is 395 g/mol. The minimum absolute atomic E-state index is 0.0879. The Morgan fingerprint density at radius 1 is 0.933 bits per heavy atom. The number of hydrogen-bond acceptors (Lipinski definition) is 3. The van der Waals surface area contributed by atoms with Crippen molar-refractivity contribution >= 4 is 23.1 Å². The maximum absolute atomic E-state index is 6.47. The van der Waals surface area contributed by atoms with Gasteiger partial charge in [-0.05, 0) is 67.8 Å². The molecule has 0 spiro atoms. The molecule has 3 aromatic rings. The first kappa shape index (κ1) is 18.6. The lowest BCUT2D eigenvalue weighted by Gasteiger charge is -2.35. The summed E-state index contributed by atoms with van der Waals surface area (Å²) in [5.41, 5.74) is 7.99. The predicted octanol–water partition coefficient (Wildman–Crippen LogP) is 6.86. The Balaban J connectivity index is 1.78. The summed E-state index contributed by atoms with van der Waals surface area (Å²) in [5.74, 6) is 2.56. The van der Waals surface area contributed by atoms with Gasteiger partial charge in [-0.2, -0.15) is 0 Å². The van der Waals surface area contributed by atoms with Crippen molar-refractivity contribution in [1.82, 2.24) is 0 Å². The maximum Gasteiger partial charge on any atom is 0.136 e. The molecule has 2 heterocycles. The van der Waals surface area contributed by atoms with Gasteiger partial charge in [-0.25, -0.2) is 0 Å². The molecule has 3 heteroatoms. The molecule has 1 N–H and O–H groups in total. The van der Waals surface area contributed by atoms with Crippen LogP contribution in [0.25, 0.3) is 28.5 Å². The Morgan fingerprint density at radius 3 is 2.60 bits per heavy atom. The molecule has 0 unspecified atom stereocenters. The lowest BCUT2D eigenvalue weighted by molar-refractivity contribution is 0.414. The smallest absolute Gasteiger partial charge is 0.136 e. The van der Waals surface area contributed by atoms with Crippen molar-refractivity contribution < 1.29 is 9.47 Å². The molecule has 3 aromatic carbocycles. The average Bonchev–Trinajstić information content (AvgIpc) is 2.72. The first-order chi connectivity index (χ1) is 14.4. The number of hydrogen-bond donors (Lipinski definition) is 1. The van der Waals surface area contributed by atoms with E-state index in [-0.39, 0.29) is 5.54 Å². The van der Waals surface area contributed by atoms with Crippen LogP contribution in [-0.2, 0) is 0 Å². The minimum Gasteiger partial charge on any atom is -0.497 e. The molecule has 0 fully saturated rings. The fourth-order valence-corrected chi connectivity index (χ4v) is 4.53. The van der Waals surface area contributed by atoms with Gasteiger partial charge >= 0.3 is 0 Å². The highest BCUT2D eigenvalue weighted by Gasteiger charge is 2.30. The number of benzene rings is 3. The minimum atomic E-state index is -0.0879. The Kier molecular flexibility index (Phi) is 4.21. The Morgan fingerprint density at radius 2 is 1.77 bits per heavy atom. The molecular weight excluding hydrogens is 370 g/mol. The van der Waals surface area contributed by atoms with Gasteiger partial charge in [0.1, 0.15) is 17.3 Å². The summed E-state index contributed by atoms with van der Waals surface area (Å²) in [5, 5.41) is 3.66. The Bertz CT molecular complexity index is 1220. The van der Waals surface area contributed by atoms with Crippen molar-refractivity contribution in [2.45, 2.75) is 26.3 Å². The molecule has 3 nitrogen and oxygen atoms in total. The molecule has 0 saturated heterocycles. The molecule has 0 radical (unpaired) electrons. The molecular formula is C27H25NO2. The van der Waals surface area contributed by atoms with Crippen LogP contribution in [0.15, 0.2) is 66.7 Å². The van der Waals surface area contributed by atoms with E-state index in [1.807, 2.05) is 30.3 Å². The molecule has 150 valence electrons. The molecule has 0 amide bonds. The summed E-state index contributed by atoms with van der Waals surface area (Å²) in [7, 11) is 1.69. The van der Waals surface area contributed by atoms with Gasteiger partial charge in [-0.3, -0.25) is 0 Å². The first-order valence-electron chi connectivity index (χ1n) is 10.2. The Labute approximate surface area is 177 Å². The summed E-state index contributed by atoms with van der Waals surface area (Å²) < 4.78 is 11.9. The number of para-hydroxylation sites is 1. The van der Waals surface area contributed by atoms with E-state index in [9.17, 15) is 0 Å². The second-order valence-electron chi connectivity index (χ2n) is 8.47. The summed E-state index contributed by atoms with van der Waals surface area (Å²) in [4.78, 5) is 0. The standard InChI is InChI=1S/C27H25NO2/c1-17-16-27(2,3)28-22-13-12-21-20-10-5-6-11-23(20)30-24(26(21)25(17)22)15-18-8-7-9-19(14-18)29-4/h5-16,28H,1-4H3/b24-15-. The lowest BCUT2D eigenvalue weighted by Crippen LogP contribution is -2.32. The third-order valence-corrected chi connectivity index (χ3v) is 5.67. The average molecular weight is 396 g/mol. The van der Waals surface area contributed by atoms with Crippen molar-refractivity contribution in [2.24, 2.45) is 0 Å². The van der Waals surface area contributed by atoms with Gasteiger partial charge in [-0.15, -0.1) is 0 Å². The van der Waals surface area contributed by atoms with Crippen LogP contribution < -0.4 is 14.8 Å². The largest absolute Gasteiger partial charge is 0.497 e. The second-order valence-corrected chi connectivity index (χ2v) is 8.47. The predicted molar refractivity (Wildman–Crippen MR) is 125 cm³/mol. The van der Waals surface area contributed by atoms with E-state index < -0.39 is 0 Å². The number of anilines is 1. The highest BCUT2D eigenvalue weighted by Crippen LogP contribution is 2.49. The molecule has 0 aromatic heterocycles. The molecule has 2 aliphatic heterocycles. The second kappa shape index (κ2) is 6.81. The number of nitrogens with one attached hydrogen (secondary N) is 1. The molecule has 30 heavy (non-hydrogen) atoms. The summed E-state index contributed by atoms with van der Waals surface area (Å²) in [6.45, 7) is 6.57. The van der Waals surface area contributed by atoms with Crippen LogP contribution in [0.2, 0.25) is 0 Å². The van der Waals surface area contributed by atoms with Crippen LogP contribution in [0.5, 0.6) is 11.5 Å². The third kappa shape index (κ3) is 3.07. The molecule has 0 saturated carbocycles. The van der Waals surface area contributed by atoms with E-state index in [0.29, 0.717) is 0 Å². The number of fused-ring (bicyclic) bond motifs is 5. The van der Waals surface area contributed by atoms with E-state index in [1.54, 1.807) is 7.11 Å². The van der Waals surface area contributed by atoms with Crippen LogP contribution in [0.4, 0.5) is 5.69 Å². The number of methoxy groups -OCH3 is 1. The zero-order valence-electron chi connectivity index (χ0n) is 17.7. The number of allylic oxidation sites excluding steroid dienone is 1. The highest BCUT2D eigenvalue weighted by atomic mass is 16.5. The summed E-state index contributed by atoms with van der Waals surface area (Å²) in [6, 6.07) is 20.7. The van der Waals surface area contributed by atoms with E-state index in [4.69, 9.17) is 9.47 Å². The molecule has 2 aliphatic rings. The van der Waals surface area contributed by atoms with Gasteiger partial charge in [0.15, 0.2) is 0 Å². The van der Waals surface area contributed by atoms with E-state index in [2.05, 4.69) is 68.6 Å². The van der Waals surface area contributed by atoms with E-state index >= 15 is 0 Å². The fourth-order valence-electron chi connectivity index (χ4n) is 4.53.